The number of nitrogens with zero attached hydrogens (tertiary/aromatic N) is 1. The average molecular weight is 275 g/mol. The number of hydrogen-bond donors (Lipinski definition) is 2. The van der Waals surface area contributed by atoms with Crippen molar-refractivity contribution in [1.29, 1.82) is 0 Å². The first-order valence-corrected chi connectivity index (χ1v) is 7.04. The fraction of sp³-hybridized carbons (Fsp3) is 0.286. The van der Waals surface area contributed by atoms with Gasteiger partial charge in [-0.25, -0.2) is 4.98 Å². The second-order valence-electron chi connectivity index (χ2n) is 4.31. The number of benzene rings is 1. The molecule has 1 aromatic heterocycles. The van der Waals surface area contributed by atoms with E-state index in [0.717, 1.165) is 29.2 Å². The topological polar surface area (TPSA) is 68.0 Å². The van der Waals surface area contributed by atoms with E-state index in [0.29, 0.717) is 12.1 Å². The number of primary amides is 1. The molecule has 100 valence electrons. The fourth-order valence-electron chi connectivity index (χ4n) is 1.88. The number of amides is 1. The summed E-state index contributed by atoms with van der Waals surface area (Å²) in [5, 5.41) is 6.48. The van der Waals surface area contributed by atoms with Crippen molar-refractivity contribution in [2.45, 2.75) is 19.9 Å². The molecule has 0 aliphatic heterocycles. The van der Waals surface area contributed by atoms with Crippen LogP contribution in [0.4, 0.5) is 0 Å². The molecule has 3 N–H and O–H groups in total. The van der Waals surface area contributed by atoms with Crippen molar-refractivity contribution in [3.8, 4) is 0 Å². The predicted octanol–water partition coefficient (Wildman–Crippen LogP) is 1.88. The molecular formula is C14H17N3OS. The SMILES string of the molecule is Cc1nc(CCNCc2ccccc2C(N)=O)cs1. The van der Waals surface area contributed by atoms with Gasteiger partial charge in [-0.15, -0.1) is 11.3 Å². The molecule has 1 amide bonds. The van der Waals surface area contributed by atoms with Crippen molar-refractivity contribution in [1.82, 2.24) is 10.3 Å². The quantitative estimate of drug-likeness (QED) is 0.791. The maximum Gasteiger partial charge on any atom is 0.249 e. The molecule has 19 heavy (non-hydrogen) atoms. The number of carbonyl (C=O) groups excluding carboxylic acids is 1. The van der Waals surface area contributed by atoms with Crippen LogP contribution in [-0.2, 0) is 13.0 Å². The van der Waals surface area contributed by atoms with Crippen LogP contribution in [0.25, 0.3) is 0 Å². The molecule has 0 aliphatic rings. The monoisotopic (exact) mass is 275 g/mol. The third-order valence-corrected chi connectivity index (χ3v) is 3.65. The molecule has 0 bridgehead atoms. The highest BCUT2D eigenvalue weighted by molar-refractivity contribution is 7.09. The molecule has 2 rings (SSSR count). The lowest BCUT2D eigenvalue weighted by Gasteiger charge is -2.07. The van der Waals surface area contributed by atoms with Crippen LogP contribution in [-0.4, -0.2) is 17.4 Å². The molecule has 0 fully saturated rings. The van der Waals surface area contributed by atoms with Gasteiger partial charge in [0.1, 0.15) is 0 Å². The maximum absolute atomic E-state index is 11.3. The molecule has 0 atom stereocenters. The summed E-state index contributed by atoms with van der Waals surface area (Å²) >= 11 is 1.67. The molecular weight excluding hydrogens is 258 g/mol. The Balaban J connectivity index is 1.84. The Labute approximate surface area is 116 Å². The molecule has 5 heteroatoms. The van der Waals surface area contributed by atoms with Gasteiger partial charge >= 0.3 is 0 Å². The molecule has 0 unspecified atom stereocenters. The van der Waals surface area contributed by atoms with E-state index in [9.17, 15) is 4.79 Å². The zero-order chi connectivity index (χ0) is 13.7. The van der Waals surface area contributed by atoms with E-state index in [2.05, 4.69) is 15.7 Å². The van der Waals surface area contributed by atoms with Crippen molar-refractivity contribution in [2.75, 3.05) is 6.54 Å². The number of aryl methyl sites for hydroxylation is 1. The van der Waals surface area contributed by atoms with E-state index in [1.165, 1.54) is 0 Å². The summed E-state index contributed by atoms with van der Waals surface area (Å²) in [6.45, 7) is 3.48. The van der Waals surface area contributed by atoms with Gasteiger partial charge in [0.15, 0.2) is 0 Å². The third kappa shape index (κ3) is 3.87. The zero-order valence-electron chi connectivity index (χ0n) is 10.8. The van der Waals surface area contributed by atoms with E-state index in [1.54, 1.807) is 17.4 Å². The molecule has 0 radical (unpaired) electrons. The highest BCUT2D eigenvalue weighted by Crippen LogP contribution is 2.09. The minimum atomic E-state index is -0.382. The van der Waals surface area contributed by atoms with Crippen LogP contribution in [0.2, 0.25) is 0 Å². The van der Waals surface area contributed by atoms with E-state index in [4.69, 9.17) is 5.73 Å². The molecule has 0 saturated carbocycles. The molecule has 4 nitrogen and oxygen atoms in total. The molecule has 0 aliphatic carbocycles. The second-order valence-corrected chi connectivity index (χ2v) is 5.37. The Morgan fingerprint density at radius 2 is 2.21 bits per heavy atom. The Hall–Kier alpha value is -1.72. The lowest BCUT2D eigenvalue weighted by atomic mass is 10.1. The van der Waals surface area contributed by atoms with Crippen molar-refractivity contribution in [3.05, 3.63) is 51.5 Å². The summed E-state index contributed by atoms with van der Waals surface area (Å²) in [5.41, 5.74) is 7.96. The lowest BCUT2D eigenvalue weighted by molar-refractivity contribution is 0.0999. The van der Waals surface area contributed by atoms with Crippen LogP contribution in [0.15, 0.2) is 29.6 Å². The first-order valence-electron chi connectivity index (χ1n) is 6.16. The third-order valence-electron chi connectivity index (χ3n) is 2.82. The number of aromatic nitrogens is 1. The van der Waals surface area contributed by atoms with Crippen molar-refractivity contribution in [3.63, 3.8) is 0 Å². The smallest absolute Gasteiger partial charge is 0.249 e. The van der Waals surface area contributed by atoms with Gasteiger partial charge in [0.05, 0.1) is 10.7 Å². The van der Waals surface area contributed by atoms with Crippen molar-refractivity contribution in [2.24, 2.45) is 5.73 Å². The number of nitrogens with one attached hydrogen (secondary N) is 1. The van der Waals surface area contributed by atoms with Gasteiger partial charge in [-0.05, 0) is 18.6 Å². The standard InChI is InChI=1S/C14H17N3OS/c1-10-17-12(9-19-10)6-7-16-8-11-4-2-3-5-13(11)14(15)18/h2-5,9,16H,6-8H2,1H3,(H2,15,18). The van der Waals surface area contributed by atoms with Crippen molar-refractivity contribution < 1.29 is 4.79 Å². The molecule has 2 aromatic rings. The van der Waals surface area contributed by atoms with Crippen molar-refractivity contribution >= 4 is 17.2 Å². The molecule has 1 heterocycles. The van der Waals surface area contributed by atoms with Gasteiger partial charge < -0.3 is 11.1 Å². The Kier molecular flexibility index (Phi) is 4.65. The van der Waals surface area contributed by atoms with Gasteiger partial charge in [-0.1, -0.05) is 18.2 Å². The Bertz CT molecular complexity index is 565. The van der Waals surface area contributed by atoms with Crippen LogP contribution < -0.4 is 11.1 Å². The Morgan fingerprint density at radius 1 is 1.42 bits per heavy atom. The van der Waals surface area contributed by atoms with Crippen LogP contribution in [0.1, 0.15) is 26.6 Å². The van der Waals surface area contributed by atoms with Gasteiger partial charge in [-0.2, -0.15) is 0 Å². The minimum absolute atomic E-state index is 0.382. The van der Waals surface area contributed by atoms with E-state index < -0.39 is 0 Å². The van der Waals surface area contributed by atoms with Gasteiger partial charge in [-0.3, -0.25) is 4.79 Å². The highest BCUT2D eigenvalue weighted by atomic mass is 32.1. The van der Waals surface area contributed by atoms with E-state index >= 15 is 0 Å². The first-order chi connectivity index (χ1) is 9.16. The van der Waals surface area contributed by atoms with Crippen LogP contribution >= 0.6 is 11.3 Å². The number of thiazole rings is 1. The number of rotatable bonds is 6. The van der Waals surface area contributed by atoms with Crippen LogP contribution in [0, 0.1) is 6.92 Å². The molecule has 1 aromatic carbocycles. The molecule has 0 saturated heterocycles. The van der Waals surface area contributed by atoms with E-state index in [1.807, 2.05) is 25.1 Å². The maximum atomic E-state index is 11.3. The first kappa shape index (κ1) is 13.7. The average Bonchev–Trinajstić information content (AvgIpc) is 2.81. The summed E-state index contributed by atoms with van der Waals surface area (Å²) in [7, 11) is 0. The number of carbonyl (C=O) groups is 1. The summed E-state index contributed by atoms with van der Waals surface area (Å²) in [6.07, 6.45) is 0.892. The fourth-order valence-corrected chi connectivity index (χ4v) is 2.52. The number of nitrogens with two attached hydrogens (primary N) is 1. The normalized spacial score (nSPS) is 10.6. The summed E-state index contributed by atoms with van der Waals surface area (Å²) < 4.78 is 0. The van der Waals surface area contributed by atoms with Gasteiger partial charge in [0.2, 0.25) is 5.91 Å². The minimum Gasteiger partial charge on any atom is -0.366 e. The number of hydrogen-bond acceptors (Lipinski definition) is 4. The van der Waals surface area contributed by atoms with Gasteiger partial charge in [0.25, 0.3) is 0 Å². The largest absolute Gasteiger partial charge is 0.366 e. The summed E-state index contributed by atoms with van der Waals surface area (Å²) in [4.78, 5) is 15.7. The Morgan fingerprint density at radius 3 is 2.89 bits per heavy atom. The highest BCUT2D eigenvalue weighted by Gasteiger charge is 2.06. The van der Waals surface area contributed by atoms with E-state index in [-0.39, 0.29) is 5.91 Å². The summed E-state index contributed by atoms with van der Waals surface area (Å²) in [5.74, 6) is -0.382. The van der Waals surface area contributed by atoms with Crippen LogP contribution in [0.5, 0.6) is 0 Å². The summed E-state index contributed by atoms with van der Waals surface area (Å²) in [6, 6.07) is 7.40. The van der Waals surface area contributed by atoms with Gasteiger partial charge in [0, 0.05) is 30.5 Å². The second kappa shape index (κ2) is 6.45. The molecule has 0 spiro atoms. The lowest BCUT2D eigenvalue weighted by Crippen LogP contribution is -2.20. The zero-order valence-corrected chi connectivity index (χ0v) is 11.7. The predicted molar refractivity (Wildman–Crippen MR) is 77.2 cm³/mol. The van der Waals surface area contributed by atoms with Crippen LogP contribution in [0.3, 0.4) is 0 Å².